The number of hydrogen-bond donors (Lipinski definition) is 2. The van der Waals surface area contributed by atoms with E-state index in [-0.39, 0.29) is 6.04 Å². The van der Waals surface area contributed by atoms with Crippen LogP contribution in [0.15, 0.2) is 18.3 Å². The van der Waals surface area contributed by atoms with Crippen LogP contribution in [0.4, 0.5) is 19.0 Å². The van der Waals surface area contributed by atoms with Gasteiger partial charge in [0.25, 0.3) is 0 Å². The Morgan fingerprint density at radius 1 is 1.35 bits per heavy atom. The van der Waals surface area contributed by atoms with E-state index in [1.165, 1.54) is 6.07 Å². The molecule has 7 heteroatoms. The second-order valence-electron chi connectivity index (χ2n) is 4.97. The van der Waals surface area contributed by atoms with E-state index in [0.29, 0.717) is 18.7 Å². The zero-order valence-electron chi connectivity index (χ0n) is 10.7. The van der Waals surface area contributed by atoms with Crippen molar-refractivity contribution in [2.24, 2.45) is 5.92 Å². The van der Waals surface area contributed by atoms with Gasteiger partial charge in [-0.05, 0) is 31.4 Å². The van der Waals surface area contributed by atoms with Crippen molar-refractivity contribution in [3.63, 3.8) is 0 Å². The highest BCUT2D eigenvalue weighted by molar-refractivity contribution is 5.70. The summed E-state index contributed by atoms with van der Waals surface area (Å²) >= 11 is 0. The number of hydrogen-bond acceptors (Lipinski definition) is 3. The predicted octanol–water partition coefficient (Wildman–Crippen LogP) is 3.16. The molecule has 1 aromatic heterocycles. The van der Waals surface area contributed by atoms with Crippen LogP contribution in [0.2, 0.25) is 0 Å². The molecule has 2 rings (SSSR count). The maximum atomic E-state index is 12.4. The molecule has 0 bridgehead atoms. The van der Waals surface area contributed by atoms with Gasteiger partial charge in [-0.2, -0.15) is 13.2 Å². The smallest absolute Gasteiger partial charge is 0.417 e. The number of aliphatic carboxylic acids is 1. The van der Waals surface area contributed by atoms with Gasteiger partial charge in [0.2, 0.25) is 0 Å². The van der Waals surface area contributed by atoms with Crippen LogP contribution in [-0.4, -0.2) is 22.1 Å². The molecular weight excluding hydrogens is 273 g/mol. The van der Waals surface area contributed by atoms with E-state index in [9.17, 15) is 18.0 Å². The minimum absolute atomic E-state index is 0.0610. The minimum Gasteiger partial charge on any atom is -0.481 e. The van der Waals surface area contributed by atoms with Gasteiger partial charge in [0.1, 0.15) is 5.82 Å². The number of carbonyl (C=O) groups is 1. The average molecular weight is 288 g/mol. The number of alkyl halides is 3. The number of pyridine rings is 1. The highest BCUT2D eigenvalue weighted by atomic mass is 19.4. The van der Waals surface area contributed by atoms with Gasteiger partial charge in [0.15, 0.2) is 0 Å². The van der Waals surface area contributed by atoms with Crippen LogP contribution in [0.3, 0.4) is 0 Å². The van der Waals surface area contributed by atoms with Crippen LogP contribution in [0, 0.1) is 5.92 Å². The van der Waals surface area contributed by atoms with Crippen molar-refractivity contribution in [3.8, 4) is 0 Å². The monoisotopic (exact) mass is 288 g/mol. The highest BCUT2D eigenvalue weighted by Crippen LogP contribution is 2.30. The molecule has 1 aliphatic rings. The van der Waals surface area contributed by atoms with Crippen LogP contribution in [0.25, 0.3) is 0 Å². The van der Waals surface area contributed by atoms with E-state index >= 15 is 0 Å². The molecule has 0 radical (unpaired) electrons. The van der Waals surface area contributed by atoms with Gasteiger partial charge in [0, 0.05) is 12.2 Å². The molecule has 2 unspecified atom stereocenters. The molecule has 1 aromatic rings. The summed E-state index contributed by atoms with van der Waals surface area (Å²) in [6.07, 6.45) is -0.918. The molecule has 1 saturated carbocycles. The van der Waals surface area contributed by atoms with Crippen LogP contribution in [-0.2, 0) is 11.0 Å². The van der Waals surface area contributed by atoms with Crippen molar-refractivity contribution >= 4 is 11.8 Å². The van der Waals surface area contributed by atoms with Crippen molar-refractivity contribution in [1.29, 1.82) is 0 Å². The minimum atomic E-state index is -4.40. The maximum Gasteiger partial charge on any atom is 0.417 e. The average Bonchev–Trinajstić information content (AvgIpc) is 2.38. The zero-order valence-corrected chi connectivity index (χ0v) is 10.7. The third-order valence-corrected chi connectivity index (χ3v) is 3.47. The standard InChI is InChI=1S/C13H15F3N2O2/c14-13(15,16)9-4-5-11(17-7-9)18-10-3-1-2-8(6-10)12(19)20/h4-5,7-8,10H,1-3,6H2,(H,17,18)(H,19,20). The van der Waals surface area contributed by atoms with E-state index in [1.807, 2.05) is 0 Å². The lowest BCUT2D eigenvalue weighted by molar-refractivity contribution is -0.143. The Hall–Kier alpha value is -1.79. The molecule has 0 saturated heterocycles. The number of halogens is 3. The molecule has 0 spiro atoms. The second-order valence-corrected chi connectivity index (χ2v) is 4.97. The van der Waals surface area contributed by atoms with Gasteiger partial charge in [-0.25, -0.2) is 4.98 Å². The summed E-state index contributed by atoms with van der Waals surface area (Å²) in [5.74, 6) is -0.874. The molecule has 0 aliphatic heterocycles. The molecule has 110 valence electrons. The third kappa shape index (κ3) is 3.61. The van der Waals surface area contributed by atoms with Crippen LogP contribution >= 0.6 is 0 Å². The molecular formula is C13H15F3N2O2. The summed E-state index contributed by atoms with van der Waals surface area (Å²) in [4.78, 5) is 14.7. The van der Waals surface area contributed by atoms with Gasteiger partial charge in [-0.15, -0.1) is 0 Å². The highest BCUT2D eigenvalue weighted by Gasteiger charge is 2.31. The number of carboxylic acid groups (broad SMARTS) is 1. The van der Waals surface area contributed by atoms with Crippen LogP contribution in [0.1, 0.15) is 31.2 Å². The molecule has 2 N–H and O–H groups in total. The van der Waals surface area contributed by atoms with Crippen LogP contribution in [0.5, 0.6) is 0 Å². The lowest BCUT2D eigenvalue weighted by Crippen LogP contribution is -2.31. The normalized spacial score (nSPS) is 23.4. The van der Waals surface area contributed by atoms with Gasteiger partial charge >= 0.3 is 12.1 Å². The van der Waals surface area contributed by atoms with Crippen molar-refractivity contribution in [3.05, 3.63) is 23.9 Å². The zero-order chi connectivity index (χ0) is 14.8. The molecule has 1 fully saturated rings. The van der Waals surface area contributed by atoms with Gasteiger partial charge in [-0.3, -0.25) is 4.79 Å². The number of anilines is 1. The maximum absolute atomic E-state index is 12.4. The Balaban J connectivity index is 1.98. The summed E-state index contributed by atoms with van der Waals surface area (Å²) in [5, 5.41) is 12.0. The first-order chi connectivity index (χ1) is 9.36. The first-order valence-electron chi connectivity index (χ1n) is 6.39. The summed E-state index contributed by atoms with van der Waals surface area (Å²) in [5.41, 5.74) is -0.796. The third-order valence-electron chi connectivity index (χ3n) is 3.47. The van der Waals surface area contributed by atoms with Crippen molar-refractivity contribution in [2.75, 3.05) is 5.32 Å². The SMILES string of the molecule is O=C(O)C1CCCC(Nc2ccc(C(F)(F)F)cn2)C1. The summed E-state index contributed by atoms with van der Waals surface area (Å²) in [7, 11) is 0. The van der Waals surface area contributed by atoms with E-state index < -0.39 is 23.6 Å². The Morgan fingerprint density at radius 2 is 2.10 bits per heavy atom. The topological polar surface area (TPSA) is 62.2 Å². The van der Waals surface area contributed by atoms with E-state index in [2.05, 4.69) is 10.3 Å². The Labute approximate surface area is 114 Å². The fraction of sp³-hybridized carbons (Fsp3) is 0.538. The molecule has 1 aliphatic carbocycles. The molecule has 1 heterocycles. The largest absolute Gasteiger partial charge is 0.481 e. The van der Waals surface area contributed by atoms with Gasteiger partial charge in [-0.1, -0.05) is 6.42 Å². The Morgan fingerprint density at radius 3 is 2.65 bits per heavy atom. The Kier molecular flexibility index (Phi) is 4.15. The first kappa shape index (κ1) is 14.6. The molecule has 4 nitrogen and oxygen atoms in total. The lowest BCUT2D eigenvalue weighted by Gasteiger charge is -2.27. The molecule has 0 aromatic carbocycles. The fourth-order valence-electron chi connectivity index (χ4n) is 2.40. The Bertz CT molecular complexity index is 473. The predicted molar refractivity (Wildman–Crippen MR) is 66.2 cm³/mol. The van der Waals surface area contributed by atoms with Crippen molar-refractivity contribution in [1.82, 2.24) is 4.98 Å². The molecule has 0 amide bonds. The van der Waals surface area contributed by atoms with Gasteiger partial charge < -0.3 is 10.4 Å². The van der Waals surface area contributed by atoms with E-state index in [0.717, 1.165) is 25.1 Å². The molecule has 20 heavy (non-hydrogen) atoms. The first-order valence-corrected chi connectivity index (χ1v) is 6.39. The summed E-state index contributed by atoms with van der Waals surface area (Å²) < 4.78 is 37.2. The number of nitrogens with one attached hydrogen (secondary N) is 1. The van der Waals surface area contributed by atoms with E-state index in [1.54, 1.807) is 0 Å². The number of carboxylic acids is 1. The number of rotatable bonds is 3. The van der Waals surface area contributed by atoms with Crippen molar-refractivity contribution in [2.45, 2.75) is 37.9 Å². The summed E-state index contributed by atoms with van der Waals surface area (Å²) in [6, 6.07) is 2.18. The lowest BCUT2D eigenvalue weighted by atomic mass is 9.86. The van der Waals surface area contributed by atoms with Crippen LogP contribution < -0.4 is 5.32 Å². The second kappa shape index (κ2) is 5.68. The number of nitrogens with zero attached hydrogens (tertiary/aromatic N) is 1. The van der Waals surface area contributed by atoms with Crippen molar-refractivity contribution < 1.29 is 23.1 Å². The van der Waals surface area contributed by atoms with Gasteiger partial charge in [0.05, 0.1) is 11.5 Å². The fourth-order valence-corrected chi connectivity index (χ4v) is 2.40. The molecule has 2 atom stereocenters. The summed E-state index contributed by atoms with van der Waals surface area (Å²) in [6.45, 7) is 0. The van der Waals surface area contributed by atoms with E-state index in [4.69, 9.17) is 5.11 Å². The quantitative estimate of drug-likeness (QED) is 0.897. The number of aromatic nitrogens is 1.